The minimum atomic E-state index is 0. The van der Waals surface area contributed by atoms with Crippen molar-refractivity contribution in [1.29, 1.82) is 0 Å². The molecule has 0 radical (unpaired) electrons. The first-order valence-electron chi connectivity index (χ1n) is 2.88. The number of allylic oxidation sites excluding steroid dienone is 1. The molecule has 0 aromatic rings. The first-order valence-corrected chi connectivity index (χ1v) is 2.88. The van der Waals surface area contributed by atoms with E-state index in [0.29, 0.717) is 0 Å². The molecule has 0 saturated heterocycles. The summed E-state index contributed by atoms with van der Waals surface area (Å²) in [7, 11) is 0. The fourth-order valence-electron chi connectivity index (χ4n) is 0.840. The average Bonchev–Trinajstić information content (AvgIpc) is 2.27. The molecule has 0 aromatic carbocycles. The third-order valence-corrected chi connectivity index (χ3v) is 1.25. The molecular formula is C5H8ClN5. The van der Waals surface area contributed by atoms with E-state index in [1.807, 2.05) is 12.3 Å². The number of halogens is 1. The van der Waals surface area contributed by atoms with Crippen LogP contribution in [0, 0.1) is 0 Å². The Hall–Kier alpha value is -1.04. The van der Waals surface area contributed by atoms with Crippen molar-refractivity contribution in [2.24, 2.45) is 10.8 Å². The summed E-state index contributed by atoms with van der Waals surface area (Å²) in [5.74, 6) is 6.19. The average molecular weight is 174 g/mol. The Morgan fingerprint density at radius 3 is 3.09 bits per heavy atom. The molecule has 60 valence electrons. The zero-order valence-corrected chi connectivity index (χ0v) is 6.45. The zero-order valence-electron chi connectivity index (χ0n) is 5.64. The van der Waals surface area contributed by atoms with Gasteiger partial charge in [0.1, 0.15) is 0 Å². The van der Waals surface area contributed by atoms with Crippen molar-refractivity contribution in [3.8, 4) is 0 Å². The van der Waals surface area contributed by atoms with Crippen LogP contribution in [0.4, 0.5) is 0 Å². The van der Waals surface area contributed by atoms with E-state index < -0.39 is 0 Å². The summed E-state index contributed by atoms with van der Waals surface area (Å²) < 4.78 is 0. The molecule has 2 aliphatic rings. The van der Waals surface area contributed by atoms with E-state index in [4.69, 9.17) is 5.84 Å². The van der Waals surface area contributed by atoms with Crippen LogP contribution >= 0.6 is 12.4 Å². The molecule has 5 nitrogen and oxygen atoms in total. The Balaban J connectivity index is 0.000000605. The second-order valence-corrected chi connectivity index (χ2v) is 1.98. The molecule has 0 atom stereocenters. The molecular weight excluding hydrogens is 166 g/mol. The Kier molecular flexibility index (Phi) is 2.13. The van der Waals surface area contributed by atoms with E-state index in [1.165, 1.54) is 5.12 Å². The number of nitrogens with zero attached hydrogens (tertiary/aromatic N) is 3. The van der Waals surface area contributed by atoms with E-state index in [0.717, 1.165) is 5.82 Å². The number of nitrogens with one attached hydrogen (secondary N) is 1. The van der Waals surface area contributed by atoms with Crippen molar-refractivity contribution < 1.29 is 0 Å². The van der Waals surface area contributed by atoms with E-state index in [-0.39, 0.29) is 12.4 Å². The number of hydrogen-bond donors (Lipinski definition) is 2. The Labute approximate surface area is 70.2 Å². The Morgan fingerprint density at radius 2 is 2.36 bits per heavy atom. The summed E-state index contributed by atoms with van der Waals surface area (Å²) in [6.07, 6.45) is 7.07. The molecule has 11 heavy (non-hydrogen) atoms. The third kappa shape index (κ3) is 1.35. The summed E-state index contributed by atoms with van der Waals surface area (Å²) in [4.78, 5) is 4.03. The fourth-order valence-corrected chi connectivity index (χ4v) is 0.840. The number of hydrazine groups is 3. The van der Waals surface area contributed by atoms with Crippen LogP contribution in [-0.4, -0.2) is 16.3 Å². The Morgan fingerprint density at radius 1 is 1.55 bits per heavy atom. The van der Waals surface area contributed by atoms with Gasteiger partial charge in [-0.25, -0.2) is 21.0 Å². The van der Waals surface area contributed by atoms with Gasteiger partial charge in [-0.15, -0.1) is 17.9 Å². The SMILES string of the molecule is Cl.NN1C=C2N=CC=CN2N1. The number of nitrogens with two attached hydrogens (primary N) is 1. The number of aliphatic imine (C=N–C) groups is 1. The second-order valence-electron chi connectivity index (χ2n) is 1.98. The number of rotatable bonds is 0. The second kappa shape index (κ2) is 2.91. The topological polar surface area (TPSA) is 56.9 Å². The molecule has 0 unspecified atom stereocenters. The number of fused-ring (bicyclic) bond motifs is 1. The van der Waals surface area contributed by atoms with Crippen LogP contribution in [0.1, 0.15) is 0 Å². The van der Waals surface area contributed by atoms with Gasteiger partial charge in [0.25, 0.3) is 0 Å². The predicted octanol–water partition coefficient (Wildman–Crippen LogP) is -0.284. The van der Waals surface area contributed by atoms with Crippen LogP contribution in [0.15, 0.2) is 29.3 Å². The maximum Gasteiger partial charge on any atom is 0.167 e. The molecule has 2 aliphatic heterocycles. The van der Waals surface area contributed by atoms with Crippen molar-refractivity contribution in [2.75, 3.05) is 0 Å². The highest BCUT2D eigenvalue weighted by Gasteiger charge is 2.15. The first kappa shape index (κ1) is 8.06. The van der Waals surface area contributed by atoms with Crippen molar-refractivity contribution in [3.63, 3.8) is 0 Å². The maximum atomic E-state index is 5.39. The molecule has 0 aromatic heterocycles. The lowest BCUT2D eigenvalue weighted by Crippen LogP contribution is -2.41. The summed E-state index contributed by atoms with van der Waals surface area (Å²) in [5, 5.41) is 3.07. The molecule has 2 heterocycles. The monoisotopic (exact) mass is 173 g/mol. The molecule has 0 spiro atoms. The predicted molar refractivity (Wildman–Crippen MR) is 44.0 cm³/mol. The van der Waals surface area contributed by atoms with Crippen molar-refractivity contribution in [2.45, 2.75) is 0 Å². The van der Waals surface area contributed by atoms with Gasteiger partial charge in [-0.2, -0.15) is 0 Å². The van der Waals surface area contributed by atoms with Gasteiger partial charge >= 0.3 is 0 Å². The zero-order chi connectivity index (χ0) is 6.97. The van der Waals surface area contributed by atoms with Gasteiger partial charge in [0.05, 0.1) is 6.20 Å². The van der Waals surface area contributed by atoms with E-state index in [1.54, 1.807) is 17.4 Å². The summed E-state index contributed by atoms with van der Waals surface area (Å²) in [6, 6.07) is 0. The van der Waals surface area contributed by atoms with Gasteiger partial charge in [-0.3, -0.25) is 0 Å². The minimum Gasteiger partial charge on any atom is -0.246 e. The lowest BCUT2D eigenvalue weighted by Gasteiger charge is -2.17. The van der Waals surface area contributed by atoms with Crippen molar-refractivity contribution >= 4 is 18.6 Å². The molecule has 3 N–H and O–H groups in total. The quantitative estimate of drug-likeness (QED) is 0.495. The van der Waals surface area contributed by atoms with Crippen LogP contribution in [0.25, 0.3) is 0 Å². The largest absolute Gasteiger partial charge is 0.246 e. The first-order chi connectivity index (χ1) is 4.86. The molecule has 0 saturated carbocycles. The highest BCUT2D eigenvalue weighted by molar-refractivity contribution is 5.85. The molecule has 0 bridgehead atoms. The van der Waals surface area contributed by atoms with Gasteiger partial charge in [0.2, 0.25) is 0 Å². The van der Waals surface area contributed by atoms with Gasteiger partial charge in [-0.1, -0.05) is 0 Å². The summed E-state index contributed by atoms with van der Waals surface area (Å²) in [6.45, 7) is 0. The standard InChI is InChI=1S/C5H7N5.ClH/c6-10-4-5-7-2-1-3-9(5)8-10;/h1-4,8H,6H2;1H. The van der Waals surface area contributed by atoms with E-state index >= 15 is 0 Å². The minimum absolute atomic E-state index is 0. The van der Waals surface area contributed by atoms with Gasteiger partial charge in [0.15, 0.2) is 5.82 Å². The fraction of sp³-hybridized carbons (Fsp3) is 0. The van der Waals surface area contributed by atoms with Crippen LogP contribution in [0.3, 0.4) is 0 Å². The molecule has 0 aliphatic carbocycles. The Bertz CT molecular complexity index is 233. The molecule has 6 heteroatoms. The van der Waals surface area contributed by atoms with Crippen LogP contribution in [0.5, 0.6) is 0 Å². The highest BCUT2D eigenvalue weighted by atomic mass is 35.5. The van der Waals surface area contributed by atoms with Gasteiger partial charge in [-0.05, 0) is 6.08 Å². The van der Waals surface area contributed by atoms with E-state index in [2.05, 4.69) is 10.5 Å². The summed E-state index contributed by atoms with van der Waals surface area (Å²) >= 11 is 0. The lowest BCUT2D eigenvalue weighted by molar-refractivity contribution is 0.174. The highest BCUT2D eigenvalue weighted by Crippen LogP contribution is 2.11. The van der Waals surface area contributed by atoms with Crippen molar-refractivity contribution in [1.82, 2.24) is 15.7 Å². The number of hydrogen-bond acceptors (Lipinski definition) is 5. The van der Waals surface area contributed by atoms with E-state index in [9.17, 15) is 0 Å². The molecule has 2 rings (SSSR count). The molecule has 0 amide bonds. The molecule has 0 fully saturated rings. The smallest absolute Gasteiger partial charge is 0.167 e. The van der Waals surface area contributed by atoms with Crippen LogP contribution < -0.4 is 11.4 Å². The van der Waals surface area contributed by atoms with Crippen molar-refractivity contribution in [3.05, 3.63) is 24.3 Å². The van der Waals surface area contributed by atoms with Gasteiger partial charge in [0, 0.05) is 12.4 Å². The maximum absolute atomic E-state index is 5.39. The lowest BCUT2D eigenvalue weighted by atomic mass is 10.5. The third-order valence-electron chi connectivity index (χ3n) is 1.25. The normalized spacial score (nSPS) is 19.5. The van der Waals surface area contributed by atoms with Crippen LogP contribution in [-0.2, 0) is 0 Å². The van der Waals surface area contributed by atoms with Crippen LogP contribution in [0.2, 0.25) is 0 Å². The summed E-state index contributed by atoms with van der Waals surface area (Å²) in [5.41, 5.74) is 2.81. The van der Waals surface area contributed by atoms with Gasteiger partial charge < -0.3 is 0 Å².